The third kappa shape index (κ3) is 3.15. The molecule has 0 spiro atoms. The average molecular weight is 300 g/mol. The molecule has 1 saturated heterocycles. The van der Waals surface area contributed by atoms with Gasteiger partial charge in [0.05, 0.1) is 12.6 Å². The van der Waals surface area contributed by atoms with Gasteiger partial charge in [0.25, 0.3) is 0 Å². The first-order valence-electron chi connectivity index (χ1n) is 7.33. The molecular weight excluding hydrogens is 280 g/mol. The summed E-state index contributed by atoms with van der Waals surface area (Å²) >= 11 is 0. The summed E-state index contributed by atoms with van der Waals surface area (Å²) in [4.78, 5) is 18.6. The van der Waals surface area contributed by atoms with Crippen molar-refractivity contribution in [2.75, 3.05) is 13.6 Å². The quantitative estimate of drug-likeness (QED) is 0.744. The number of aromatic nitrogens is 3. The van der Waals surface area contributed by atoms with Crippen LogP contribution in [0, 0.1) is 0 Å². The lowest BCUT2D eigenvalue weighted by atomic mass is 10.1. The summed E-state index contributed by atoms with van der Waals surface area (Å²) < 4.78 is 0. The smallest absolute Gasteiger partial charge is 0.237 e. The number of aromatic amines is 1. The van der Waals surface area contributed by atoms with Gasteiger partial charge in [-0.15, -0.1) is 0 Å². The molecule has 1 amide bonds. The molecule has 0 aliphatic carbocycles. The highest BCUT2D eigenvalue weighted by Crippen LogP contribution is 2.15. The SMILES string of the molecule is CN1C[C@@H](N)C[C@H]1C(=O)NCc1nc(-c2ccccc2)n[nH]1. The highest BCUT2D eigenvalue weighted by Gasteiger charge is 2.32. The van der Waals surface area contributed by atoms with E-state index in [1.807, 2.05) is 42.3 Å². The maximum absolute atomic E-state index is 12.2. The highest BCUT2D eigenvalue weighted by atomic mass is 16.2. The topological polar surface area (TPSA) is 99.9 Å². The summed E-state index contributed by atoms with van der Waals surface area (Å²) in [6, 6.07) is 9.61. The van der Waals surface area contributed by atoms with Crippen molar-refractivity contribution in [1.29, 1.82) is 0 Å². The van der Waals surface area contributed by atoms with Crippen LogP contribution < -0.4 is 11.1 Å². The van der Waals surface area contributed by atoms with Crippen molar-refractivity contribution in [3.8, 4) is 11.4 Å². The van der Waals surface area contributed by atoms with Crippen molar-refractivity contribution >= 4 is 5.91 Å². The van der Waals surface area contributed by atoms with Gasteiger partial charge in [0.2, 0.25) is 5.91 Å². The first-order valence-corrected chi connectivity index (χ1v) is 7.33. The molecule has 7 heteroatoms. The number of H-pyrrole nitrogens is 1. The lowest BCUT2D eigenvalue weighted by Gasteiger charge is -2.17. The number of carbonyl (C=O) groups excluding carboxylic acids is 1. The fraction of sp³-hybridized carbons (Fsp3) is 0.400. The Labute approximate surface area is 128 Å². The molecule has 1 aromatic heterocycles. The lowest BCUT2D eigenvalue weighted by molar-refractivity contribution is -0.125. The number of likely N-dealkylation sites (tertiary alicyclic amines) is 1. The number of likely N-dealkylation sites (N-methyl/N-ethyl adjacent to an activating group) is 1. The standard InChI is InChI=1S/C15H20N6O/c1-21-9-11(16)7-12(21)15(22)17-8-13-18-14(20-19-13)10-5-3-2-4-6-10/h2-6,11-12H,7-9,16H2,1H3,(H,17,22)(H,18,19,20)/t11-,12-/m0/s1. The van der Waals surface area contributed by atoms with Gasteiger partial charge in [-0.05, 0) is 13.5 Å². The molecule has 0 bridgehead atoms. The van der Waals surface area contributed by atoms with E-state index in [0.29, 0.717) is 24.6 Å². The van der Waals surface area contributed by atoms with Crippen molar-refractivity contribution < 1.29 is 4.79 Å². The maximum atomic E-state index is 12.2. The minimum Gasteiger partial charge on any atom is -0.347 e. The number of rotatable bonds is 4. The van der Waals surface area contributed by atoms with E-state index >= 15 is 0 Å². The summed E-state index contributed by atoms with van der Waals surface area (Å²) in [6.45, 7) is 1.08. The summed E-state index contributed by atoms with van der Waals surface area (Å²) in [5.74, 6) is 1.25. The molecule has 4 N–H and O–H groups in total. The van der Waals surface area contributed by atoms with E-state index < -0.39 is 0 Å². The second kappa shape index (κ2) is 6.25. The number of hydrogen-bond donors (Lipinski definition) is 3. The fourth-order valence-corrected chi connectivity index (χ4v) is 2.72. The van der Waals surface area contributed by atoms with Crippen LogP contribution in [0.4, 0.5) is 0 Å². The van der Waals surface area contributed by atoms with Crippen LogP contribution in [-0.4, -0.2) is 51.7 Å². The van der Waals surface area contributed by atoms with Gasteiger partial charge in [-0.25, -0.2) is 4.98 Å². The van der Waals surface area contributed by atoms with Crippen LogP contribution >= 0.6 is 0 Å². The molecule has 2 heterocycles. The van der Waals surface area contributed by atoms with Gasteiger partial charge in [-0.1, -0.05) is 30.3 Å². The van der Waals surface area contributed by atoms with Crippen LogP contribution in [0.1, 0.15) is 12.2 Å². The third-order valence-corrected chi connectivity index (χ3v) is 3.88. The van der Waals surface area contributed by atoms with Crippen molar-refractivity contribution in [3.05, 3.63) is 36.2 Å². The zero-order chi connectivity index (χ0) is 15.5. The molecule has 0 saturated carbocycles. The molecule has 2 atom stereocenters. The maximum Gasteiger partial charge on any atom is 0.237 e. The number of nitrogens with two attached hydrogens (primary N) is 1. The summed E-state index contributed by atoms with van der Waals surface area (Å²) in [6.07, 6.45) is 0.688. The van der Waals surface area contributed by atoms with E-state index in [0.717, 1.165) is 12.1 Å². The van der Waals surface area contributed by atoms with Gasteiger partial charge < -0.3 is 11.1 Å². The molecular formula is C15H20N6O. The van der Waals surface area contributed by atoms with E-state index in [1.165, 1.54) is 0 Å². The zero-order valence-electron chi connectivity index (χ0n) is 12.5. The highest BCUT2D eigenvalue weighted by molar-refractivity contribution is 5.82. The Morgan fingerprint density at radius 1 is 1.45 bits per heavy atom. The van der Waals surface area contributed by atoms with Gasteiger partial charge in [-0.3, -0.25) is 14.8 Å². The molecule has 22 heavy (non-hydrogen) atoms. The van der Waals surface area contributed by atoms with Crippen molar-refractivity contribution in [2.45, 2.75) is 25.0 Å². The minimum absolute atomic E-state index is 0.0203. The molecule has 3 rings (SSSR count). The molecule has 0 radical (unpaired) electrons. The largest absolute Gasteiger partial charge is 0.347 e. The first-order chi connectivity index (χ1) is 10.6. The normalized spacial score (nSPS) is 21.9. The Hall–Kier alpha value is -2.25. The summed E-state index contributed by atoms with van der Waals surface area (Å²) in [5, 5.41) is 9.91. The monoisotopic (exact) mass is 300 g/mol. The number of carbonyl (C=O) groups is 1. The van der Waals surface area contributed by atoms with Gasteiger partial charge in [0, 0.05) is 18.2 Å². The fourth-order valence-electron chi connectivity index (χ4n) is 2.72. The Kier molecular flexibility index (Phi) is 4.17. The molecule has 116 valence electrons. The number of benzene rings is 1. The molecule has 1 aliphatic rings. The number of amides is 1. The van der Waals surface area contributed by atoms with Crippen LogP contribution in [-0.2, 0) is 11.3 Å². The van der Waals surface area contributed by atoms with Crippen LogP contribution in [0.15, 0.2) is 30.3 Å². The van der Waals surface area contributed by atoms with E-state index in [-0.39, 0.29) is 18.0 Å². The molecule has 1 aromatic carbocycles. The van der Waals surface area contributed by atoms with Gasteiger partial charge in [0.15, 0.2) is 5.82 Å². The average Bonchev–Trinajstić information content (AvgIpc) is 3.12. The second-order valence-electron chi connectivity index (χ2n) is 5.64. The van der Waals surface area contributed by atoms with E-state index in [2.05, 4.69) is 20.5 Å². The molecule has 1 fully saturated rings. The zero-order valence-corrected chi connectivity index (χ0v) is 12.5. The predicted octanol–water partition coefficient (Wildman–Crippen LogP) is 0.119. The number of hydrogen-bond acceptors (Lipinski definition) is 5. The Bertz CT molecular complexity index is 640. The Morgan fingerprint density at radius 3 is 2.91 bits per heavy atom. The predicted molar refractivity (Wildman–Crippen MR) is 82.7 cm³/mol. The molecule has 2 aromatic rings. The van der Waals surface area contributed by atoms with Crippen LogP contribution in [0.25, 0.3) is 11.4 Å². The second-order valence-corrected chi connectivity index (χ2v) is 5.64. The summed E-state index contributed by atoms with van der Waals surface area (Å²) in [5.41, 5.74) is 6.82. The van der Waals surface area contributed by atoms with E-state index in [1.54, 1.807) is 0 Å². The van der Waals surface area contributed by atoms with E-state index in [9.17, 15) is 4.79 Å². The number of nitrogens with zero attached hydrogens (tertiary/aromatic N) is 3. The lowest BCUT2D eigenvalue weighted by Crippen LogP contribution is -2.41. The van der Waals surface area contributed by atoms with Crippen molar-refractivity contribution in [2.24, 2.45) is 5.73 Å². The van der Waals surface area contributed by atoms with Gasteiger partial charge in [0.1, 0.15) is 5.82 Å². The molecule has 7 nitrogen and oxygen atoms in total. The van der Waals surface area contributed by atoms with Crippen molar-refractivity contribution in [3.63, 3.8) is 0 Å². The minimum atomic E-state index is -0.161. The molecule has 0 unspecified atom stereocenters. The Balaban J connectivity index is 1.58. The van der Waals surface area contributed by atoms with Crippen LogP contribution in [0.3, 0.4) is 0 Å². The number of nitrogens with one attached hydrogen (secondary N) is 2. The Morgan fingerprint density at radius 2 is 2.23 bits per heavy atom. The van der Waals surface area contributed by atoms with Crippen LogP contribution in [0.5, 0.6) is 0 Å². The molecule has 1 aliphatic heterocycles. The van der Waals surface area contributed by atoms with E-state index in [4.69, 9.17) is 5.73 Å². The van der Waals surface area contributed by atoms with Crippen LogP contribution in [0.2, 0.25) is 0 Å². The summed E-state index contributed by atoms with van der Waals surface area (Å²) in [7, 11) is 1.92. The first kappa shape index (κ1) is 14.7. The third-order valence-electron chi connectivity index (χ3n) is 3.88. The van der Waals surface area contributed by atoms with Crippen molar-refractivity contribution in [1.82, 2.24) is 25.4 Å². The van der Waals surface area contributed by atoms with Gasteiger partial charge >= 0.3 is 0 Å². The van der Waals surface area contributed by atoms with Gasteiger partial charge in [-0.2, -0.15) is 5.10 Å².